The second-order valence-electron chi connectivity index (χ2n) is 11.4. The van der Waals surface area contributed by atoms with E-state index in [0.29, 0.717) is 30.7 Å². The Bertz CT molecular complexity index is 1490. The van der Waals surface area contributed by atoms with Gasteiger partial charge >= 0.3 is 5.97 Å². The highest BCUT2D eigenvalue weighted by atomic mass is 19.1. The van der Waals surface area contributed by atoms with E-state index in [1.807, 2.05) is 44.2 Å². The van der Waals surface area contributed by atoms with Crippen molar-refractivity contribution < 1.29 is 33.7 Å². The first-order valence-corrected chi connectivity index (χ1v) is 13.7. The van der Waals surface area contributed by atoms with Gasteiger partial charge in [-0.25, -0.2) is 4.39 Å². The summed E-state index contributed by atoms with van der Waals surface area (Å²) in [6, 6.07) is 12.6. The summed E-state index contributed by atoms with van der Waals surface area (Å²) < 4.78 is 21.8. The zero-order valence-corrected chi connectivity index (χ0v) is 23.1. The van der Waals surface area contributed by atoms with E-state index in [4.69, 9.17) is 4.74 Å². The molecule has 214 valence electrons. The maximum atomic E-state index is 16.0. The normalized spacial score (nSPS) is 20.0. The summed E-state index contributed by atoms with van der Waals surface area (Å²) in [7, 11) is 0. The minimum atomic E-state index is -1.17. The molecule has 3 N–H and O–H groups in total. The van der Waals surface area contributed by atoms with Crippen molar-refractivity contribution in [1.82, 2.24) is 10.2 Å². The van der Waals surface area contributed by atoms with Gasteiger partial charge in [0.1, 0.15) is 29.6 Å². The highest BCUT2D eigenvalue weighted by Gasteiger charge is 2.45. The van der Waals surface area contributed by atoms with Crippen molar-refractivity contribution >= 4 is 17.7 Å². The molecular formula is C32H33FN2O6. The highest BCUT2D eigenvalue weighted by Crippen LogP contribution is 2.48. The van der Waals surface area contributed by atoms with E-state index in [0.717, 1.165) is 5.56 Å². The number of fused-ring (bicyclic) bond motifs is 1. The van der Waals surface area contributed by atoms with Crippen LogP contribution in [-0.2, 0) is 21.0 Å². The van der Waals surface area contributed by atoms with E-state index in [1.54, 1.807) is 12.1 Å². The first-order chi connectivity index (χ1) is 19.5. The average molecular weight is 561 g/mol. The molecule has 1 atom stereocenters. The van der Waals surface area contributed by atoms with Crippen LogP contribution in [0.4, 0.5) is 4.39 Å². The molecule has 0 saturated carbocycles. The SMILES string of the molecule is CC1(C)CC(=O)C2=C(C1)NC1=C(O)CCC=C1N(C(=O)CCC(=O)O)C2c1ccc(OCc2ccccc2)cc1F. The van der Waals surface area contributed by atoms with Gasteiger partial charge in [0.05, 0.1) is 18.2 Å². The molecule has 0 saturated heterocycles. The first-order valence-electron chi connectivity index (χ1n) is 13.7. The van der Waals surface area contributed by atoms with Gasteiger partial charge in [-0.3, -0.25) is 19.3 Å². The Labute approximate surface area is 237 Å². The molecule has 1 amide bonds. The number of ketones is 1. The number of aliphatic hydroxyl groups excluding tert-OH is 1. The molecule has 0 fully saturated rings. The summed E-state index contributed by atoms with van der Waals surface area (Å²) in [6.07, 6.45) is 2.33. The zero-order valence-electron chi connectivity index (χ0n) is 23.1. The van der Waals surface area contributed by atoms with Crippen molar-refractivity contribution in [3.8, 4) is 5.75 Å². The fraction of sp³-hybridized carbons (Fsp3) is 0.344. The molecule has 41 heavy (non-hydrogen) atoms. The highest BCUT2D eigenvalue weighted by molar-refractivity contribution is 6.00. The number of hydrogen-bond acceptors (Lipinski definition) is 6. The number of carbonyl (C=O) groups excluding carboxylic acids is 2. The van der Waals surface area contributed by atoms with Gasteiger partial charge in [0.15, 0.2) is 5.78 Å². The first kappa shape index (κ1) is 28.1. The number of amides is 1. The van der Waals surface area contributed by atoms with Gasteiger partial charge in [0.25, 0.3) is 0 Å². The monoisotopic (exact) mass is 560 g/mol. The molecule has 2 aromatic carbocycles. The molecule has 3 aliphatic rings. The van der Waals surface area contributed by atoms with Gasteiger partial charge < -0.3 is 20.3 Å². The van der Waals surface area contributed by atoms with E-state index in [2.05, 4.69) is 5.32 Å². The topological polar surface area (TPSA) is 116 Å². The Hall–Kier alpha value is -4.40. The zero-order chi connectivity index (χ0) is 29.3. The predicted octanol–water partition coefficient (Wildman–Crippen LogP) is 5.83. The number of nitrogens with zero attached hydrogens (tertiary/aromatic N) is 1. The molecule has 0 bridgehead atoms. The van der Waals surface area contributed by atoms with Crippen molar-refractivity contribution in [2.24, 2.45) is 5.41 Å². The van der Waals surface area contributed by atoms with Crippen molar-refractivity contribution in [2.45, 2.75) is 65.0 Å². The van der Waals surface area contributed by atoms with Crippen LogP contribution in [0.2, 0.25) is 0 Å². The maximum absolute atomic E-state index is 16.0. The molecule has 1 heterocycles. The summed E-state index contributed by atoms with van der Waals surface area (Å²) in [6.45, 7) is 4.14. The molecule has 0 spiro atoms. The number of carboxylic acids is 1. The van der Waals surface area contributed by atoms with E-state index < -0.39 is 35.6 Å². The van der Waals surface area contributed by atoms with Crippen LogP contribution >= 0.6 is 0 Å². The Kier molecular flexibility index (Phi) is 7.71. The summed E-state index contributed by atoms with van der Waals surface area (Å²) >= 11 is 0. The van der Waals surface area contributed by atoms with Crippen molar-refractivity contribution in [3.63, 3.8) is 0 Å². The fourth-order valence-electron chi connectivity index (χ4n) is 5.73. The Balaban J connectivity index is 1.63. The van der Waals surface area contributed by atoms with Gasteiger partial charge in [0, 0.05) is 42.2 Å². The molecular weight excluding hydrogens is 527 g/mol. The molecule has 1 aliphatic heterocycles. The molecule has 2 aromatic rings. The Morgan fingerprint density at radius 3 is 2.59 bits per heavy atom. The third-order valence-electron chi connectivity index (χ3n) is 7.59. The second kappa shape index (κ2) is 11.2. The number of nitrogens with one attached hydrogen (secondary N) is 1. The number of Topliss-reactive ketones (excluding diaryl/α,β-unsaturated/α-hetero) is 1. The molecule has 0 radical (unpaired) electrons. The van der Waals surface area contributed by atoms with Crippen LogP contribution in [0.15, 0.2) is 83.0 Å². The lowest BCUT2D eigenvalue weighted by Gasteiger charge is -2.37. The molecule has 8 nitrogen and oxygen atoms in total. The van der Waals surface area contributed by atoms with E-state index in [-0.39, 0.29) is 53.6 Å². The molecule has 1 unspecified atom stereocenters. The van der Waals surface area contributed by atoms with Crippen LogP contribution < -0.4 is 10.1 Å². The third kappa shape index (κ3) is 5.89. The molecule has 0 aromatic heterocycles. The Morgan fingerprint density at radius 2 is 1.88 bits per heavy atom. The predicted molar refractivity (Wildman–Crippen MR) is 149 cm³/mol. The van der Waals surface area contributed by atoms with Crippen molar-refractivity contribution in [2.75, 3.05) is 0 Å². The molecule has 5 rings (SSSR count). The van der Waals surface area contributed by atoms with E-state index >= 15 is 4.39 Å². The summed E-state index contributed by atoms with van der Waals surface area (Å²) in [5.74, 6) is -2.35. The quantitative estimate of drug-likeness (QED) is 0.390. The van der Waals surface area contributed by atoms with Gasteiger partial charge in [-0.15, -0.1) is 0 Å². The minimum Gasteiger partial charge on any atom is -0.510 e. The number of halogens is 1. The summed E-state index contributed by atoms with van der Waals surface area (Å²) in [5, 5.41) is 23.4. The maximum Gasteiger partial charge on any atom is 0.303 e. The van der Waals surface area contributed by atoms with Crippen LogP contribution in [0.3, 0.4) is 0 Å². The lowest BCUT2D eigenvalue weighted by atomic mass is 9.73. The average Bonchev–Trinajstić information content (AvgIpc) is 3.06. The van der Waals surface area contributed by atoms with E-state index in [9.17, 15) is 24.6 Å². The van der Waals surface area contributed by atoms with Crippen LogP contribution in [0, 0.1) is 11.2 Å². The Morgan fingerprint density at radius 1 is 1.12 bits per heavy atom. The lowest BCUT2D eigenvalue weighted by Crippen LogP contribution is -2.39. The number of carbonyl (C=O) groups is 3. The standard InChI is InChI=1S/C32H33FN2O6/c1-32(2)16-23-29(26(37)17-32)31(21-12-11-20(15-22(21)33)41-18-19-7-4-3-5-8-19)35(27(38)13-14-28(39)40)24-9-6-10-25(36)30(24)34-23/h3-5,7-9,11-12,15,31,34,36H,6,10,13-14,16-18H2,1-2H3,(H,39,40). The smallest absolute Gasteiger partial charge is 0.303 e. The number of ether oxygens (including phenoxy) is 1. The summed E-state index contributed by atoms with van der Waals surface area (Å²) in [5.41, 5.74) is 1.93. The number of aliphatic hydroxyl groups is 1. The fourth-order valence-corrected chi connectivity index (χ4v) is 5.73. The van der Waals surface area contributed by atoms with Crippen molar-refractivity contribution in [1.29, 1.82) is 0 Å². The second-order valence-corrected chi connectivity index (χ2v) is 11.4. The van der Waals surface area contributed by atoms with Crippen LogP contribution in [0.25, 0.3) is 0 Å². The molecule has 2 aliphatic carbocycles. The largest absolute Gasteiger partial charge is 0.510 e. The minimum absolute atomic E-state index is 0.0204. The van der Waals surface area contributed by atoms with Gasteiger partial charge in [-0.2, -0.15) is 0 Å². The number of benzene rings is 2. The van der Waals surface area contributed by atoms with Crippen LogP contribution in [-0.4, -0.2) is 32.8 Å². The number of rotatable bonds is 7. The number of allylic oxidation sites excluding steroid dienone is 3. The van der Waals surface area contributed by atoms with E-state index in [1.165, 1.54) is 17.0 Å². The third-order valence-corrected chi connectivity index (χ3v) is 7.59. The van der Waals surface area contributed by atoms with Gasteiger partial charge in [-0.05, 0) is 36.0 Å². The number of aliphatic carboxylic acids is 1. The van der Waals surface area contributed by atoms with Gasteiger partial charge in [-0.1, -0.05) is 50.3 Å². The van der Waals surface area contributed by atoms with Crippen LogP contribution in [0.1, 0.15) is 69.5 Å². The summed E-state index contributed by atoms with van der Waals surface area (Å²) in [4.78, 5) is 40.2. The number of carboxylic acid groups (broad SMARTS) is 1. The van der Waals surface area contributed by atoms with Crippen molar-refractivity contribution in [3.05, 3.63) is 100.0 Å². The van der Waals surface area contributed by atoms with Crippen LogP contribution in [0.5, 0.6) is 5.75 Å². The van der Waals surface area contributed by atoms with Gasteiger partial charge in [0.2, 0.25) is 5.91 Å². The molecule has 9 heteroatoms. The lowest BCUT2D eigenvalue weighted by molar-refractivity contribution is -0.141. The number of hydrogen-bond donors (Lipinski definition) is 3.